The highest BCUT2D eigenvalue weighted by atomic mass is 16.5. The van der Waals surface area contributed by atoms with Gasteiger partial charge in [0.2, 0.25) is 11.8 Å². The zero-order valence-electron chi connectivity index (χ0n) is 17.3. The number of hydrogen-bond donors (Lipinski definition) is 1. The van der Waals surface area contributed by atoms with Crippen LogP contribution in [0.4, 0.5) is 17.1 Å². The topological polar surface area (TPSA) is 58.6 Å². The predicted molar refractivity (Wildman–Crippen MR) is 121 cm³/mol. The van der Waals surface area contributed by atoms with Crippen molar-refractivity contribution in [3.63, 3.8) is 0 Å². The molecule has 0 aromatic heterocycles. The minimum Gasteiger partial charge on any atom is -0.489 e. The summed E-state index contributed by atoms with van der Waals surface area (Å²) >= 11 is 0. The molecule has 0 atom stereocenters. The summed E-state index contributed by atoms with van der Waals surface area (Å²) in [6.45, 7) is 0.447. The highest BCUT2D eigenvalue weighted by Crippen LogP contribution is 2.41. The zero-order chi connectivity index (χ0) is 21.2. The summed E-state index contributed by atoms with van der Waals surface area (Å²) in [5.74, 6) is 0.175. The summed E-state index contributed by atoms with van der Waals surface area (Å²) in [5, 5.41) is 3.01. The molecule has 31 heavy (non-hydrogen) atoms. The van der Waals surface area contributed by atoms with Crippen LogP contribution in [0, 0.1) is 0 Å². The predicted octanol–water partition coefficient (Wildman–Crippen LogP) is 5.15. The molecule has 5 heteroatoms. The maximum atomic E-state index is 13.1. The Balaban J connectivity index is 1.51. The first-order valence-corrected chi connectivity index (χ1v) is 10.7. The number of nitrogens with one attached hydrogen (secondary N) is 1. The van der Waals surface area contributed by atoms with Crippen molar-refractivity contribution in [1.82, 2.24) is 0 Å². The van der Waals surface area contributed by atoms with Crippen LogP contribution in [0.5, 0.6) is 5.75 Å². The number of aryl methyl sites for hydroxylation is 1. The molecule has 2 aliphatic rings. The Morgan fingerprint density at radius 3 is 2.61 bits per heavy atom. The van der Waals surface area contributed by atoms with E-state index in [0.29, 0.717) is 18.0 Å². The number of fused-ring (bicyclic) bond motifs is 3. The van der Waals surface area contributed by atoms with Gasteiger partial charge in [-0.05, 0) is 60.6 Å². The SMILES string of the molecule is O=C1CC(=O)N(c2cccc(OCc3ccccc3)c2)c2ccc3c(c2N1)CCCC3. The fourth-order valence-electron chi connectivity index (χ4n) is 4.41. The molecule has 0 saturated heterocycles. The fourth-order valence-corrected chi connectivity index (χ4v) is 4.41. The third-order valence-corrected chi connectivity index (χ3v) is 5.90. The van der Waals surface area contributed by atoms with Gasteiger partial charge in [0, 0.05) is 6.07 Å². The molecule has 0 spiro atoms. The molecule has 5 rings (SSSR count). The minimum absolute atomic E-state index is 0.182. The van der Waals surface area contributed by atoms with E-state index in [1.165, 1.54) is 5.56 Å². The molecule has 156 valence electrons. The molecule has 0 radical (unpaired) electrons. The number of anilines is 3. The molecule has 1 heterocycles. The van der Waals surface area contributed by atoms with E-state index in [9.17, 15) is 9.59 Å². The molecule has 0 unspecified atom stereocenters. The van der Waals surface area contributed by atoms with E-state index in [0.717, 1.165) is 48.2 Å². The van der Waals surface area contributed by atoms with Gasteiger partial charge in [-0.25, -0.2) is 0 Å². The second kappa shape index (κ2) is 8.26. The molecular formula is C26H24N2O3. The quantitative estimate of drug-likeness (QED) is 0.603. The summed E-state index contributed by atoms with van der Waals surface area (Å²) in [7, 11) is 0. The van der Waals surface area contributed by atoms with E-state index in [2.05, 4.69) is 11.4 Å². The Kier molecular flexibility index (Phi) is 5.16. The molecule has 1 aliphatic carbocycles. The van der Waals surface area contributed by atoms with Gasteiger partial charge in [-0.2, -0.15) is 0 Å². The molecular weight excluding hydrogens is 388 g/mol. The maximum Gasteiger partial charge on any atom is 0.241 e. The maximum absolute atomic E-state index is 13.1. The van der Waals surface area contributed by atoms with Crippen molar-refractivity contribution < 1.29 is 14.3 Å². The number of hydrogen-bond acceptors (Lipinski definition) is 3. The lowest BCUT2D eigenvalue weighted by molar-refractivity contribution is -0.124. The van der Waals surface area contributed by atoms with E-state index < -0.39 is 0 Å². The molecule has 0 fully saturated rings. The van der Waals surface area contributed by atoms with Gasteiger partial charge in [0.15, 0.2) is 0 Å². The van der Waals surface area contributed by atoms with Gasteiger partial charge in [-0.3, -0.25) is 14.5 Å². The first-order chi connectivity index (χ1) is 15.2. The number of nitrogens with zero attached hydrogens (tertiary/aromatic N) is 1. The summed E-state index contributed by atoms with van der Waals surface area (Å²) in [6, 6.07) is 21.5. The van der Waals surface area contributed by atoms with Crippen molar-refractivity contribution in [2.24, 2.45) is 0 Å². The Bertz CT molecular complexity index is 1140. The average Bonchev–Trinajstić information content (AvgIpc) is 2.93. The lowest BCUT2D eigenvalue weighted by Crippen LogP contribution is -2.26. The van der Waals surface area contributed by atoms with Crippen LogP contribution in [0.3, 0.4) is 0 Å². The van der Waals surface area contributed by atoms with Crippen LogP contribution in [-0.2, 0) is 29.0 Å². The van der Waals surface area contributed by atoms with Crippen molar-refractivity contribution in [3.05, 3.63) is 83.4 Å². The third kappa shape index (κ3) is 3.91. The van der Waals surface area contributed by atoms with Crippen molar-refractivity contribution in [3.8, 4) is 5.75 Å². The van der Waals surface area contributed by atoms with Gasteiger partial charge < -0.3 is 10.1 Å². The smallest absolute Gasteiger partial charge is 0.241 e. The fraction of sp³-hybridized carbons (Fsp3) is 0.231. The van der Waals surface area contributed by atoms with Crippen LogP contribution in [0.25, 0.3) is 0 Å². The van der Waals surface area contributed by atoms with Gasteiger partial charge in [0.25, 0.3) is 0 Å². The van der Waals surface area contributed by atoms with E-state index in [4.69, 9.17) is 4.74 Å². The van der Waals surface area contributed by atoms with Gasteiger partial charge >= 0.3 is 0 Å². The van der Waals surface area contributed by atoms with Gasteiger partial charge in [0.1, 0.15) is 18.8 Å². The van der Waals surface area contributed by atoms with E-state index in [1.807, 2.05) is 60.7 Å². The van der Waals surface area contributed by atoms with Crippen molar-refractivity contribution in [2.45, 2.75) is 38.7 Å². The number of amides is 2. The number of carbonyl (C=O) groups is 2. The average molecular weight is 412 g/mol. The number of ether oxygens (including phenoxy) is 1. The highest BCUT2D eigenvalue weighted by molar-refractivity contribution is 6.17. The molecule has 3 aromatic rings. The Morgan fingerprint density at radius 1 is 0.903 bits per heavy atom. The molecule has 5 nitrogen and oxygen atoms in total. The largest absolute Gasteiger partial charge is 0.489 e. The van der Waals surface area contributed by atoms with Crippen LogP contribution in [0.2, 0.25) is 0 Å². The van der Waals surface area contributed by atoms with E-state index >= 15 is 0 Å². The van der Waals surface area contributed by atoms with E-state index in [-0.39, 0.29) is 18.2 Å². The number of benzene rings is 3. The summed E-state index contributed by atoms with van der Waals surface area (Å²) < 4.78 is 5.97. The van der Waals surface area contributed by atoms with Crippen molar-refractivity contribution >= 4 is 28.9 Å². The lowest BCUT2D eigenvalue weighted by Gasteiger charge is -2.27. The molecule has 1 N–H and O–H groups in total. The molecule has 2 amide bonds. The van der Waals surface area contributed by atoms with E-state index in [1.54, 1.807) is 4.90 Å². The van der Waals surface area contributed by atoms with Crippen LogP contribution < -0.4 is 15.0 Å². The summed E-state index contributed by atoms with van der Waals surface area (Å²) in [4.78, 5) is 27.2. The van der Waals surface area contributed by atoms with Crippen LogP contribution in [0.1, 0.15) is 36.0 Å². The Morgan fingerprint density at radius 2 is 1.74 bits per heavy atom. The zero-order valence-corrected chi connectivity index (χ0v) is 17.3. The van der Waals surface area contributed by atoms with Crippen LogP contribution in [-0.4, -0.2) is 11.8 Å². The van der Waals surface area contributed by atoms with Crippen molar-refractivity contribution in [1.29, 1.82) is 0 Å². The van der Waals surface area contributed by atoms with Gasteiger partial charge in [-0.15, -0.1) is 0 Å². The molecule has 0 bridgehead atoms. The van der Waals surface area contributed by atoms with Gasteiger partial charge in [-0.1, -0.05) is 42.5 Å². The normalized spacial score (nSPS) is 15.5. The van der Waals surface area contributed by atoms with Gasteiger partial charge in [0.05, 0.1) is 17.1 Å². The first-order valence-electron chi connectivity index (χ1n) is 10.7. The monoisotopic (exact) mass is 412 g/mol. The highest BCUT2D eigenvalue weighted by Gasteiger charge is 2.30. The first kappa shape index (κ1) is 19.4. The molecule has 0 saturated carbocycles. The lowest BCUT2D eigenvalue weighted by atomic mass is 9.89. The second-order valence-electron chi connectivity index (χ2n) is 8.03. The van der Waals surface area contributed by atoms with Crippen molar-refractivity contribution in [2.75, 3.05) is 10.2 Å². The number of carbonyl (C=O) groups excluding carboxylic acids is 2. The third-order valence-electron chi connectivity index (χ3n) is 5.90. The van der Waals surface area contributed by atoms with Crippen LogP contribution in [0.15, 0.2) is 66.7 Å². The second-order valence-corrected chi connectivity index (χ2v) is 8.03. The Labute approximate surface area is 181 Å². The van der Waals surface area contributed by atoms with Crippen LogP contribution >= 0.6 is 0 Å². The standard InChI is InChI=1S/C26H24N2O3/c29-24-16-25(30)28(23-14-13-19-9-4-5-12-22(19)26(23)27-24)20-10-6-11-21(15-20)31-17-18-7-2-1-3-8-18/h1-3,6-8,10-11,13-15H,4-5,9,12,16-17H2,(H,27,29). The minimum atomic E-state index is -0.260. The number of rotatable bonds is 4. The summed E-state index contributed by atoms with van der Waals surface area (Å²) in [6.07, 6.45) is 3.99. The molecule has 3 aromatic carbocycles. The Hall–Kier alpha value is -3.60. The molecule has 1 aliphatic heterocycles. The summed E-state index contributed by atoms with van der Waals surface area (Å²) in [5.41, 5.74) is 5.71.